The molecule has 1 aromatic carbocycles. The van der Waals surface area contributed by atoms with Crippen molar-refractivity contribution >= 4 is 0 Å². The number of halogens is 1. The Bertz CT molecular complexity index is 835. The van der Waals surface area contributed by atoms with Crippen molar-refractivity contribution in [3.05, 3.63) is 53.5 Å². The topological polar surface area (TPSA) is 71.4 Å². The highest BCUT2D eigenvalue weighted by Crippen LogP contribution is 2.22. The number of nitrogens with one attached hydrogen (secondary N) is 2. The van der Waals surface area contributed by atoms with E-state index in [-0.39, 0.29) is 5.82 Å². The summed E-state index contributed by atoms with van der Waals surface area (Å²) in [6.07, 6.45) is 3.81. The minimum Gasteiger partial charge on any atom is -0.314 e. The van der Waals surface area contributed by atoms with Crippen molar-refractivity contribution in [2.75, 3.05) is 0 Å². The predicted octanol–water partition coefficient (Wildman–Crippen LogP) is 2.22. The van der Waals surface area contributed by atoms with Crippen LogP contribution in [0.25, 0.3) is 11.3 Å². The molecule has 0 bridgehead atoms. The summed E-state index contributed by atoms with van der Waals surface area (Å²) in [5.41, 5.74) is 2.94. The minimum atomic E-state index is -0.236. The molecule has 4 rings (SSSR count). The molecular formula is C17H19FN6. The summed E-state index contributed by atoms with van der Waals surface area (Å²) in [5, 5.41) is 19.1. The summed E-state index contributed by atoms with van der Waals surface area (Å²) in [4.78, 5) is 0. The molecule has 1 aliphatic rings. The Labute approximate surface area is 139 Å². The third kappa shape index (κ3) is 2.82. The van der Waals surface area contributed by atoms with Crippen LogP contribution in [0.15, 0.2) is 30.5 Å². The summed E-state index contributed by atoms with van der Waals surface area (Å²) in [6.45, 7) is 3.59. The predicted molar refractivity (Wildman–Crippen MR) is 87.7 cm³/mol. The summed E-state index contributed by atoms with van der Waals surface area (Å²) in [7, 11) is 0. The lowest BCUT2D eigenvalue weighted by atomic mass is 10.1. The zero-order valence-corrected chi connectivity index (χ0v) is 13.5. The van der Waals surface area contributed by atoms with Gasteiger partial charge in [0.05, 0.1) is 11.9 Å². The van der Waals surface area contributed by atoms with E-state index in [4.69, 9.17) is 0 Å². The van der Waals surface area contributed by atoms with Crippen molar-refractivity contribution < 1.29 is 4.39 Å². The number of fused-ring (bicyclic) bond motifs is 1. The average Bonchev–Trinajstić information content (AvgIpc) is 3.21. The largest absolute Gasteiger partial charge is 0.314 e. The van der Waals surface area contributed by atoms with E-state index in [9.17, 15) is 4.39 Å². The van der Waals surface area contributed by atoms with Gasteiger partial charge in [0.1, 0.15) is 17.5 Å². The van der Waals surface area contributed by atoms with Gasteiger partial charge in [0.2, 0.25) is 0 Å². The molecule has 0 spiro atoms. The fourth-order valence-electron chi connectivity index (χ4n) is 3.19. The van der Waals surface area contributed by atoms with Crippen molar-refractivity contribution in [2.45, 2.75) is 38.9 Å². The number of aryl methyl sites for hydroxylation is 2. The zero-order chi connectivity index (χ0) is 16.5. The third-order valence-electron chi connectivity index (χ3n) is 4.56. The summed E-state index contributed by atoms with van der Waals surface area (Å²) in [6, 6.07) is 6.83. The van der Waals surface area contributed by atoms with Gasteiger partial charge in [-0.1, -0.05) is 0 Å². The Hall–Kier alpha value is -2.54. The monoisotopic (exact) mass is 326 g/mol. The maximum absolute atomic E-state index is 13.1. The molecule has 6 nitrogen and oxygen atoms in total. The molecule has 24 heavy (non-hydrogen) atoms. The lowest BCUT2D eigenvalue weighted by Gasteiger charge is -2.25. The van der Waals surface area contributed by atoms with Crippen molar-refractivity contribution in [3.63, 3.8) is 0 Å². The third-order valence-corrected chi connectivity index (χ3v) is 4.56. The number of aromatic nitrogens is 5. The fourth-order valence-corrected chi connectivity index (χ4v) is 3.19. The number of hydrogen-bond donors (Lipinski definition) is 2. The maximum atomic E-state index is 13.1. The molecule has 3 aromatic rings. The lowest BCUT2D eigenvalue weighted by molar-refractivity contribution is 0.375. The lowest BCUT2D eigenvalue weighted by Crippen LogP contribution is -2.37. The second-order valence-corrected chi connectivity index (χ2v) is 6.17. The van der Waals surface area contributed by atoms with Crippen molar-refractivity contribution in [2.24, 2.45) is 0 Å². The normalized spacial score (nSPS) is 17.0. The smallest absolute Gasteiger partial charge is 0.133 e. The Morgan fingerprint density at radius 1 is 1.29 bits per heavy atom. The molecule has 0 saturated heterocycles. The van der Waals surface area contributed by atoms with Gasteiger partial charge in [-0.05, 0) is 37.6 Å². The van der Waals surface area contributed by atoms with Gasteiger partial charge >= 0.3 is 0 Å². The van der Waals surface area contributed by atoms with Crippen LogP contribution in [0, 0.1) is 12.7 Å². The quantitative estimate of drug-likeness (QED) is 0.771. The SMILES string of the molecule is Cc1nnc2n1C[C@H](NCc1cn[nH]c1-c1ccc(F)cc1)CC2. The Morgan fingerprint density at radius 3 is 2.96 bits per heavy atom. The second kappa shape index (κ2) is 6.16. The molecule has 0 saturated carbocycles. The van der Waals surface area contributed by atoms with Crippen molar-refractivity contribution in [1.29, 1.82) is 0 Å². The van der Waals surface area contributed by atoms with E-state index < -0.39 is 0 Å². The van der Waals surface area contributed by atoms with Crippen LogP contribution < -0.4 is 5.32 Å². The molecule has 0 unspecified atom stereocenters. The van der Waals surface area contributed by atoms with E-state index in [1.807, 2.05) is 13.1 Å². The molecule has 7 heteroatoms. The number of benzene rings is 1. The Morgan fingerprint density at radius 2 is 2.12 bits per heavy atom. The Balaban J connectivity index is 1.45. The number of nitrogens with zero attached hydrogens (tertiary/aromatic N) is 4. The molecule has 0 fully saturated rings. The van der Waals surface area contributed by atoms with Gasteiger partial charge in [0.15, 0.2) is 0 Å². The second-order valence-electron chi connectivity index (χ2n) is 6.17. The van der Waals surface area contributed by atoms with E-state index >= 15 is 0 Å². The average molecular weight is 326 g/mol. The maximum Gasteiger partial charge on any atom is 0.133 e. The van der Waals surface area contributed by atoms with Crippen LogP contribution in [0.4, 0.5) is 4.39 Å². The molecule has 3 heterocycles. The van der Waals surface area contributed by atoms with Gasteiger partial charge in [-0.3, -0.25) is 5.10 Å². The van der Waals surface area contributed by atoms with Crippen molar-refractivity contribution in [1.82, 2.24) is 30.3 Å². The Kier molecular flexibility index (Phi) is 3.86. The highest BCUT2D eigenvalue weighted by Gasteiger charge is 2.21. The number of aromatic amines is 1. The molecule has 0 aliphatic carbocycles. The fraction of sp³-hybridized carbons (Fsp3) is 0.353. The first-order chi connectivity index (χ1) is 11.7. The highest BCUT2D eigenvalue weighted by molar-refractivity contribution is 5.62. The van der Waals surface area contributed by atoms with Gasteiger partial charge in [0.25, 0.3) is 0 Å². The van der Waals surface area contributed by atoms with Crippen LogP contribution in [-0.2, 0) is 19.5 Å². The number of hydrogen-bond acceptors (Lipinski definition) is 4. The van der Waals surface area contributed by atoms with Gasteiger partial charge < -0.3 is 9.88 Å². The van der Waals surface area contributed by atoms with Crippen LogP contribution >= 0.6 is 0 Å². The summed E-state index contributed by atoms with van der Waals surface area (Å²) >= 11 is 0. The van der Waals surface area contributed by atoms with E-state index in [2.05, 4.69) is 30.3 Å². The van der Waals surface area contributed by atoms with Gasteiger partial charge in [0, 0.05) is 36.7 Å². The number of rotatable bonds is 4. The van der Waals surface area contributed by atoms with E-state index in [0.717, 1.165) is 47.9 Å². The van der Waals surface area contributed by atoms with Crippen LogP contribution in [0.3, 0.4) is 0 Å². The highest BCUT2D eigenvalue weighted by atomic mass is 19.1. The molecular weight excluding hydrogens is 307 g/mol. The van der Waals surface area contributed by atoms with Crippen molar-refractivity contribution in [3.8, 4) is 11.3 Å². The van der Waals surface area contributed by atoms with E-state index in [1.165, 1.54) is 12.1 Å². The summed E-state index contributed by atoms with van der Waals surface area (Å²) in [5.74, 6) is 1.80. The first-order valence-corrected chi connectivity index (χ1v) is 8.11. The van der Waals surface area contributed by atoms with Gasteiger partial charge in [-0.15, -0.1) is 10.2 Å². The first kappa shape index (κ1) is 15.0. The van der Waals surface area contributed by atoms with Crippen LogP contribution in [0.2, 0.25) is 0 Å². The zero-order valence-electron chi connectivity index (χ0n) is 13.5. The van der Waals surface area contributed by atoms with Crippen LogP contribution in [0.1, 0.15) is 23.6 Å². The molecule has 0 radical (unpaired) electrons. The van der Waals surface area contributed by atoms with Gasteiger partial charge in [-0.2, -0.15) is 5.10 Å². The first-order valence-electron chi connectivity index (χ1n) is 8.11. The molecule has 2 aromatic heterocycles. The van der Waals surface area contributed by atoms with Crippen LogP contribution in [-0.4, -0.2) is 31.0 Å². The van der Waals surface area contributed by atoms with Crippen LogP contribution in [0.5, 0.6) is 0 Å². The number of H-pyrrole nitrogens is 1. The molecule has 2 N–H and O–H groups in total. The standard InChI is InChI=1S/C17H19FN6/c1-11-21-22-16-7-6-15(10-24(11)16)19-8-13-9-20-23-17(13)12-2-4-14(18)5-3-12/h2-5,9,15,19H,6-8,10H2,1H3,(H,20,23)/t15-/m1/s1. The van der Waals surface area contributed by atoms with E-state index in [0.29, 0.717) is 12.6 Å². The van der Waals surface area contributed by atoms with Gasteiger partial charge in [-0.25, -0.2) is 4.39 Å². The summed E-state index contributed by atoms with van der Waals surface area (Å²) < 4.78 is 15.3. The van der Waals surface area contributed by atoms with E-state index in [1.54, 1.807) is 12.1 Å². The minimum absolute atomic E-state index is 0.236. The molecule has 1 aliphatic heterocycles. The molecule has 0 amide bonds. The molecule has 124 valence electrons. The molecule has 1 atom stereocenters.